The summed E-state index contributed by atoms with van der Waals surface area (Å²) in [7, 11) is 0. The molecule has 0 spiro atoms. The van der Waals surface area contributed by atoms with Crippen molar-refractivity contribution < 1.29 is 14.0 Å². The molecular formula is C15H15FN4O2. The number of benzene rings is 1. The molecular weight excluding hydrogens is 287 g/mol. The van der Waals surface area contributed by atoms with Gasteiger partial charge >= 0.3 is 6.03 Å². The molecule has 22 heavy (non-hydrogen) atoms. The number of nitrogens with two attached hydrogens (primary N) is 2. The number of carbonyl (C=O) groups excluding carboxylic acids is 2. The van der Waals surface area contributed by atoms with Gasteiger partial charge in [0.2, 0.25) is 0 Å². The Bertz CT molecular complexity index is 756. The lowest BCUT2D eigenvalue weighted by molar-refractivity contribution is 0.0995. The number of hydrogen-bond acceptors (Lipinski definition) is 2. The summed E-state index contributed by atoms with van der Waals surface area (Å²) in [5.74, 6) is -1.02. The van der Waals surface area contributed by atoms with Gasteiger partial charge < -0.3 is 20.9 Å². The molecule has 1 aliphatic rings. The van der Waals surface area contributed by atoms with Gasteiger partial charge in [-0.05, 0) is 23.8 Å². The van der Waals surface area contributed by atoms with Gasteiger partial charge in [0, 0.05) is 19.3 Å². The third-order valence-corrected chi connectivity index (χ3v) is 3.87. The first-order valence-corrected chi connectivity index (χ1v) is 6.79. The van der Waals surface area contributed by atoms with E-state index in [0.717, 1.165) is 0 Å². The van der Waals surface area contributed by atoms with Crippen LogP contribution in [0.15, 0.2) is 36.5 Å². The molecule has 0 bridgehead atoms. The molecule has 1 aromatic heterocycles. The Labute approximate surface area is 126 Å². The average Bonchev–Trinajstić information content (AvgIpc) is 2.90. The van der Waals surface area contributed by atoms with Gasteiger partial charge in [-0.1, -0.05) is 12.1 Å². The maximum atomic E-state index is 13.6. The van der Waals surface area contributed by atoms with Crippen LogP contribution < -0.4 is 11.5 Å². The first-order chi connectivity index (χ1) is 10.5. The largest absolute Gasteiger partial charge is 0.366 e. The van der Waals surface area contributed by atoms with E-state index in [9.17, 15) is 14.0 Å². The highest BCUT2D eigenvalue weighted by atomic mass is 19.1. The second-order valence-electron chi connectivity index (χ2n) is 5.16. The molecule has 2 heterocycles. The van der Waals surface area contributed by atoms with E-state index < -0.39 is 23.8 Å². The molecule has 0 aliphatic carbocycles. The highest BCUT2D eigenvalue weighted by Crippen LogP contribution is 2.34. The van der Waals surface area contributed by atoms with Crippen molar-refractivity contribution in [2.75, 3.05) is 6.54 Å². The minimum absolute atomic E-state index is 0.306. The SMILES string of the molecule is NC(=O)c1ccn2c1C(c1cccc(F)c1)N(C(N)=O)CC2. The fraction of sp³-hybridized carbons (Fsp3) is 0.200. The third kappa shape index (κ3) is 2.20. The number of carbonyl (C=O) groups is 2. The molecule has 3 rings (SSSR count). The molecule has 1 aliphatic heterocycles. The Hall–Kier alpha value is -2.83. The standard InChI is InChI=1S/C15H15FN4O2/c16-10-3-1-2-9(8-10)12-13-11(14(17)21)4-5-19(13)6-7-20(12)15(18)22/h1-5,8,12H,6-7H2,(H2,17,21)(H2,18,22). The molecule has 1 atom stereocenters. The number of amides is 3. The summed E-state index contributed by atoms with van der Waals surface area (Å²) in [4.78, 5) is 24.8. The summed E-state index contributed by atoms with van der Waals surface area (Å²) in [6.07, 6.45) is 1.74. The average molecular weight is 302 g/mol. The van der Waals surface area contributed by atoms with Crippen molar-refractivity contribution in [1.82, 2.24) is 9.47 Å². The smallest absolute Gasteiger partial charge is 0.315 e. The van der Waals surface area contributed by atoms with E-state index in [4.69, 9.17) is 11.5 Å². The van der Waals surface area contributed by atoms with Gasteiger partial charge in [0.25, 0.3) is 5.91 Å². The normalized spacial score (nSPS) is 17.1. The van der Waals surface area contributed by atoms with Crippen LogP contribution in [-0.4, -0.2) is 28.0 Å². The summed E-state index contributed by atoms with van der Waals surface area (Å²) in [5.41, 5.74) is 12.3. The van der Waals surface area contributed by atoms with Crippen LogP contribution in [0.1, 0.15) is 27.7 Å². The lowest BCUT2D eigenvalue weighted by atomic mass is 9.97. The second kappa shape index (κ2) is 5.18. The predicted molar refractivity (Wildman–Crippen MR) is 77.5 cm³/mol. The topological polar surface area (TPSA) is 94.3 Å². The molecule has 1 unspecified atom stereocenters. The van der Waals surface area contributed by atoms with Crippen molar-refractivity contribution in [3.05, 3.63) is 59.2 Å². The minimum Gasteiger partial charge on any atom is -0.366 e. The van der Waals surface area contributed by atoms with Crippen LogP contribution in [0.4, 0.5) is 9.18 Å². The predicted octanol–water partition coefficient (Wildman–Crippen LogP) is 1.21. The fourth-order valence-electron chi connectivity index (χ4n) is 2.94. The molecule has 1 aromatic carbocycles. The van der Waals surface area contributed by atoms with E-state index in [1.54, 1.807) is 24.4 Å². The number of rotatable bonds is 2. The molecule has 0 saturated heterocycles. The van der Waals surface area contributed by atoms with Gasteiger partial charge in [-0.2, -0.15) is 0 Å². The lowest BCUT2D eigenvalue weighted by Crippen LogP contribution is -2.45. The molecule has 0 radical (unpaired) electrons. The molecule has 0 fully saturated rings. The number of hydrogen-bond donors (Lipinski definition) is 2. The van der Waals surface area contributed by atoms with E-state index in [1.807, 2.05) is 4.57 Å². The minimum atomic E-state index is -0.639. The molecule has 6 nitrogen and oxygen atoms in total. The fourth-order valence-corrected chi connectivity index (χ4v) is 2.94. The Morgan fingerprint density at radius 3 is 2.59 bits per heavy atom. The molecule has 114 valence electrons. The van der Waals surface area contributed by atoms with Crippen LogP contribution in [0.2, 0.25) is 0 Å². The van der Waals surface area contributed by atoms with Crippen molar-refractivity contribution in [2.24, 2.45) is 11.5 Å². The quantitative estimate of drug-likeness (QED) is 0.872. The number of primary amides is 2. The van der Waals surface area contributed by atoms with Crippen molar-refractivity contribution in [3.8, 4) is 0 Å². The van der Waals surface area contributed by atoms with Gasteiger partial charge in [-0.15, -0.1) is 0 Å². The van der Waals surface area contributed by atoms with Crippen molar-refractivity contribution in [2.45, 2.75) is 12.6 Å². The van der Waals surface area contributed by atoms with Gasteiger partial charge in [0.1, 0.15) is 11.9 Å². The monoisotopic (exact) mass is 302 g/mol. The molecule has 2 aromatic rings. The number of fused-ring (bicyclic) bond motifs is 1. The van der Waals surface area contributed by atoms with Gasteiger partial charge in [0.15, 0.2) is 0 Å². The Kier molecular flexibility index (Phi) is 3.32. The van der Waals surface area contributed by atoms with E-state index in [0.29, 0.717) is 29.9 Å². The van der Waals surface area contributed by atoms with E-state index in [-0.39, 0.29) is 0 Å². The summed E-state index contributed by atoms with van der Waals surface area (Å²) in [6.45, 7) is 0.869. The Morgan fingerprint density at radius 1 is 1.18 bits per heavy atom. The Balaban J connectivity index is 2.21. The van der Waals surface area contributed by atoms with Gasteiger partial charge in [0.05, 0.1) is 11.3 Å². The maximum Gasteiger partial charge on any atom is 0.315 e. The first kappa shape index (κ1) is 14.1. The summed E-state index contributed by atoms with van der Waals surface area (Å²) in [5, 5.41) is 0. The number of urea groups is 1. The van der Waals surface area contributed by atoms with Crippen LogP contribution in [0.3, 0.4) is 0 Å². The van der Waals surface area contributed by atoms with E-state index >= 15 is 0 Å². The highest BCUT2D eigenvalue weighted by Gasteiger charge is 2.34. The Morgan fingerprint density at radius 2 is 1.95 bits per heavy atom. The first-order valence-electron chi connectivity index (χ1n) is 6.79. The lowest BCUT2D eigenvalue weighted by Gasteiger charge is -2.36. The molecule has 4 N–H and O–H groups in total. The second-order valence-corrected chi connectivity index (χ2v) is 5.16. The zero-order valence-electron chi connectivity index (χ0n) is 11.7. The van der Waals surface area contributed by atoms with Crippen LogP contribution in [0.5, 0.6) is 0 Å². The zero-order valence-corrected chi connectivity index (χ0v) is 11.7. The van der Waals surface area contributed by atoms with Gasteiger partial charge in [-0.3, -0.25) is 4.79 Å². The number of nitrogens with zero attached hydrogens (tertiary/aromatic N) is 2. The van der Waals surface area contributed by atoms with Crippen LogP contribution >= 0.6 is 0 Å². The summed E-state index contributed by atoms with van der Waals surface area (Å²) in [6, 6.07) is 6.22. The summed E-state index contributed by atoms with van der Waals surface area (Å²) >= 11 is 0. The van der Waals surface area contributed by atoms with Crippen molar-refractivity contribution in [1.29, 1.82) is 0 Å². The molecule has 3 amide bonds. The maximum absolute atomic E-state index is 13.6. The zero-order chi connectivity index (χ0) is 15.9. The number of aromatic nitrogens is 1. The summed E-state index contributed by atoms with van der Waals surface area (Å²) < 4.78 is 15.4. The van der Waals surface area contributed by atoms with Gasteiger partial charge in [-0.25, -0.2) is 9.18 Å². The molecule has 0 saturated carbocycles. The number of halogens is 1. The van der Waals surface area contributed by atoms with Crippen LogP contribution in [-0.2, 0) is 6.54 Å². The van der Waals surface area contributed by atoms with Crippen LogP contribution in [0, 0.1) is 5.82 Å². The van der Waals surface area contributed by atoms with Crippen LogP contribution in [0.25, 0.3) is 0 Å². The third-order valence-electron chi connectivity index (χ3n) is 3.87. The van der Waals surface area contributed by atoms with Crippen molar-refractivity contribution in [3.63, 3.8) is 0 Å². The highest BCUT2D eigenvalue weighted by molar-refractivity contribution is 5.94. The van der Waals surface area contributed by atoms with E-state index in [2.05, 4.69) is 0 Å². The molecule has 7 heteroatoms. The van der Waals surface area contributed by atoms with E-state index in [1.165, 1.54) is 17.0 Å². The van der Waals surface area contributed by atoms with Crippen molar-refractivity contribution >= 4 is 11.9 Å².